The molecule has 0 aromatic heterocycles. The van der Waals surface area contributed by atoms with Crippen LogP contribution < -0.4 is 4.74 Å². The average Bonchev–Trinajstić information content (AvgIpc) is 2.43. The molecule has 0 fully saturated rings. The maximum absolute atomic E-state index is 11.8. The van der Waals surface area contributed by atoms with Crippen LogP contribution in [0.2, 0.25) is 5.02 Å². The predicted molar refractivity (Wildman–Crippen MR) is 79.3 cm³/mol. The Morgan fingerprint density at radius 3 is 2.60 bits per heavy atom. The lowest BCUT2D eigenvalue weighted by atomic mass is 10.2. The molecule has 2 rings (SSSR count). The van der Waals surface area contributed by atoms with E-state index >= 15 is 0 Å². The van der Waals surface area contributed by atoms with Gasteiger partial charge in [0.15, 0.2) is 9.84 Å². The van der Waals surface area contributed by atoms with Crippen LogP contribution in [-0.2, 0) is 9.84 Å². The summed E-state index contributed by atoms with van der Waals surface area (Å²) in [4.78, 5) is 0.204. The van der Waals surface area contributed by atoms with Crippen molar-refractivity contribution in [3.8, 4) is 11.5 Å². The minimum atomic E-state index is -3.26. The summed E-state index contributed by atoms with van der Waals surface area (Å²) in [6, 6.07) is 12.8. The van der Waals surface area contributed by atoms with Gasteiger partial charge in [0.05, 0.1) is 15.7 Å². The van der Waals surface area contributed by atoms with Gasteiger partial charge in [-0.3, -0.25) is 0 Å². The highest BCUT2D eigenvalue weighted by molar-refractivity contribution is 7.91. The molecule has 0 saturated carbocycles. The monoisotopic (exact) mass is 309 g/mol. The molecular weight excluding hydrogens is 296 g/mol. The Morgan fingerprint density at radius 2 is 2.00 bits per heavy atom. The first-order valence-corrected chi connectivity index (χ1v) is 8.14. The Hall–Kier alpha value is -1.52. The zero-order valence-electron chi connectivity index (χ0n) is 11.2. The van der Waals surface area contributed by atoms with E-state index in [9.17, 15) is 8.42 Å². The summed E-state index contributed by atoms with van der Waals surface area (Å²) in [5.74, 6) is 1.13. The van der Waals surface area contributed by atoms with Gasteiger partial charge in [-0.25, -0.2) is 8.42 Å². The van der Waals surface area contributed by atoms with Crippen molar-refractivity contribution in [2.75, 3.05) is 5.75 Å². The Morgan fingerprint density at radius 1 is 1.25 bits per heavy atom. The van der Waals surface area contributed by atoms with E-state index < -0.39 is 9.84 Å². The summed E-state index contributed by atoms with van der Waals surface area (Å²) in [6.45, 7) is 3.49. The maximum Gasteiger partial charge on any atom is 0.178 e. The Kier molecular flexibility index (Phi) is 4.35. The summed E-state index contributed by atoms with van der Waals surface area (Å²) in [6.07, 6.45) is 0. The average molecular weight is 310 g/mol. The molecule has 0 atom stereocenters. The van der Waals surface area contributed by atoms with Gasteiger partial charge in [0.2, 0.25) is 0 Å². The number of halogens is 1. The van der Waals surface area contributed by atoms with Crippen LogP contribution in [0.15, 0.2) is 41.3 Å². The molecule has 0 spiro atoms. The molecule has 0 heterocycles. The van der Waals surface area contributed by atoms with E-state index in [2.05, 4.69) is 6.07 Å². The first-order valence-electron chi connectivity index (χ1n) is 6.11. The van der Waals surface area contributed by atoms with Crippen LogP contribution in [0.5, 0.6) is 11.5 Å². The van der Waals surface area contributed by atoms with Gasteiger partial charge in [-0.1, -0.05) is 24.6 Å². The number of sulfone groups is 1. The molecule has 0 amide bonds. The topological polar surface area (TPSA) is 43.4 Å². The Bertz CT molecular complexity index is 724. The second kappa shape index (κ2) is 5.85. The molecule has 0 saturated heterocycles. The van der Waals surface area contributed by atoms with Crippen molar-refractivity contribution in [1.82, 2.24) is 0 Å². The quantitative estimate of drug-likeness (QED) is 0.856. The summed E-state index contributed by atoms with van der Waals surface area (Å²) in [5, 5.41) is 0.270. The van der Waals surface area contributed by atoms with Gasteiger partial charge in [-0.2, -0.15) is 0 Å². The highest BCUT2D eigenvalue weighted by Gasteiger charge is 2.14. The number of benzene rings is 2. The fourth-order valence-electron chi connectivity index (χ4n) is 1.66. The minimum absolute atomic E-state index is 0.0389. The minimum Gasteiger partial charge on any atom is -0.456 e. The van der Waals surface area contributed by atoms with Gasteiger partial charge in [0.25, 0.3) is 0 Å². The molecule has 0 bridgehead atoms. The summed E-state index contributed by atoms with van der Waals surface area (Å²) < 4.78 is 29.2. The molecule has 0 aliphatic rings. The van der Waals surface area contributed by atoms with Crippen LogP contribution >= 0.6 is 11.6 Å². The second-order valence-electron chi connectivity index (χ2n) is 4.29. The third-order valence-corrected chi connectivity index (χ3v) is 4.91. The summed E-state index contributed by atoms with van der Waals surface area (Å²) in [5.41, 5.74) is 0.925. The van der Waals surface area contributed by atoms with Gasteiger partial charge in [-0.05, 0) is 48.9 Å². The third kappa shape index (κ3) is 3.14. The van der Waals surface area contributed by atoms with Crippen molar-refractivity contribution in [3.63, 3.8) is 0 Å². The molecular formula is C15H14ClO3S. The number of aryl methyl sites for hydroxylation is 1. The normalized spacial score (nSPS) is 11.3. The van der Waals surface area contributed by atoms with E-state index in [1.165, 1.54) is 12.1 Å². The van der Waals surface area contributed by atoms with Crippen LogP contribution in [0.4, 0.5) is 0 Å². The van der Waals surface area contributed by atoms with Crippen LogP contribution in [-0.4, -0.2) is 14.2 Å². The van der Waals surface area contributed by atoms with E-state index in [0.717, 1.165) is 5.56 Å². The van der Waals surface area contributed by atoms with E-state index in [4.69, 9.17) is 16.3 Å². The molecule has 5 heteroatoms. The second-order valence-corrected chi connectivity index (χ2v) is 6.97. The van der Waals surface area contributed by atoms with Crippen molar-refractivity contribution in [2.45, 2.75) is 18.7 Å². The van der Waals surface area contributed by atoms with Gasteiger partial charge in [-0.15, -0.1) is 0 Å². The van der Waals surface area contributed by atoms with E-state index in [1.807, 2.05) is 6.92 Å². The largest absolute Gasteiger partial charge is 0.456 e. The Labute approximate surface area is 124 Å². The standard InChI is InChI=1S/C15H14ClO3S/c1-3-20(17,18)12-8-9-15(13(16)10-12)19-14-7-5-4-6-11(14)2/h5-10H,3H2,1-2H3. The molecule has 20 heavy (non-hydrogen) atoms. The van der Waals surface area contributed by atoms with Crippen LogP contribution in [0.1, 0.15) is 12.5 Å². The number of hydrogen-bond acceptors (Lipinski definition) is 3. The highest BCUT2D eigenvalue weighted by Crippen LogP contribution is 2.32. The van der Waals surface area contributed by atoms with Gasteiger partial charge < -0.3 is 4.74 Å². The van der Waals surface area contributed by atoms with Gasteiger partial charge >= 0.3 is 0 Å². The zero-order chi connectivity index (χ0) is 14.8. The molecule has 0 unspecified atom stereocenters. The lowest BCUT2D eigenvalue weighted by Crippen LogP contribution is -2.03. The van der Waals surface area contributed by atoms with Crippen molar-refractivity contribution in [3.05, 3.63) is 53.1 Å². The molecule has 0 aliphatic carbocycles. The van der Waals surface area contributed by atoms with Gasteiger partial charge in [0, 0.05) is 0 Å². The zero-order valence-corrected chi connectivity index (χ0v) is 12.8. The molecule has 0 aliphatic heterocycles. The summed E-state index contributed by atoms with van der Waals surface area (Å²) in [7, 11) is -3.26. The van der Waals surface area contributed by atoms with E-state index in [0.29, 0.717) is 11.5 Å². The number of hydrogen-bond donors (Lipinski definition) is 0. The predicted octanol–water partition coefficient (Wildman–Crippen LogP) is 4.03. The van der Waals surface area contributed by atoms with Crippen LogP contribution in [0.3, 0.4) is 0 Å². The molecule has 2 aromatic rings. The number of rotatable bonds is 4. The van der Waals surface area contributed by atoms with E-state index in [-0.39, 0.29) is 15.7 Å². The van der Waals surface area contributed by atoms with E-state index in [1.54, 1.807) is 31.2 Å². The maximum atomic E-state index is 11.8. The lowest BCUT2D eigenvalue weighted by Gasteiger charge is -2.11. The first-order chi connectivity index (χ1) is 9.44. The third-order valence-electron chi connectivity index (χ3n) is 2.88. The fraction of sp³-hybridized carbons (Fsp3) is 0.200. The number of ether oxygens (including phenoxy) is 1. The smallest absolute Gasteiger partial charge is 0.178 e. The molecule has 105 valence electrons. The van der Waals surface area contributed by atoms with Crippen molar-refractivity contribution in [2.24, 2.45) is 0 Å². The highest BCUT2D eigenvalue weighted by atomic mass is 35.5. The fourth-order valence-corrected chi connectivity index (χ4v) is 2.85. The first kappa shape index (κ1) is 14.9. The van der Waals surface area contributed by atoms with Crippen LogP contribution in [0, 0.1) is 13.0 Å². The SMILES string of the molecule is CCS(=O)(=O)c1ccc(Oc2cc[c]cc2C)c(Cl)c1. The Balaban J connectivity index is 2.34. The molecule has 2 aromatic carbocycles. The van der Waals surface area contributed by atoms with Crippen molar-refractivity contribution in [1.29, 1.82) is 0 Å². The van der Waals surface area contributed by atoms with Crippen molar-refractivity contribution < 1.29 is 13.2 Å². The molecule has 1 radical (unpaired) electrons. The molecule has 3 nitrogen and oxygen atoms in total. The lowest BCUT2D eigenvalue weighted by molar-refractivity contribution is 0.478. The van der Waals surface area contributed by atoms with Gasteiger partial charge in [0.1, 0.15) is 11.5 Å². The molecule has 0 N–H and O–H groups in total. The van der Waals surface area contributed by atoms with Crippen molar-refractivity contribution >= 4 is 21.4 Å². The summed E-state index contributed by atoms with van der Waals surface area (Å²) >= 11 is 6.10. The van der Waals surface area contributed by atoms with Crippen LogP contribution in [0.25, 0.3) is 0 Å².